The van der Waals surface area contributed by atoms with Crippen LogP contribution < -0.4 is 4.90 Å². The van der Waals surface area contributed by atoms with Crippen LogP contribution in [0.1, 0.15) is 0 Å². The molecule has 2 heteroatoms. The summed E-state index contributed by atoms with van der Waals surface area (Å²) in [7, 11) is 0. The number of hydrogen-bond acceptors (Lipinski definition) is 2. The molecule has 0 aliphatic carbocycles. The maximum Gasteiger partial charge on any atom is 0.136 e. The normalized spacial score (nSPS) is 11.5. The molecule has 0 bridgehead atoms. The lowest BCUT2D eigenvalue weighted by atomic mass is 9.94. The highest BCUT2D eigenvalue weighted by Crippen LogP contribution is 2.43. The average molecular weight is 588 g/mol. The molecule has 0 saturated heterocycles. The lowest BCUT2D eigenvalue weighted by molar-refractivity contribution is 0.669. The number of fused-ring (bicyclic) bond motifs is 6. The minimum atomic E-state index is 0.910. The van der Waals surface area contributed by atoms with Crippen LogP contribution in [0.25, 0.3) is 65.7 Å². The number of furan rings is 1. The van der Waals surface area contributed by atoms with Crippen LogP contribution in [0.4, 0.5) is 17.1 Å². The molecule has 1 aromatic heterocycles. The van der Waals surface area contributed by atoms with Gasteiger partial charge in [-0.3, -0.25) is 0 Å². The number of nitrogens with zero attached hydrogens (tertiary/aromatic N) is 1. The largest absolute Gasteiger partial charge is 0.456 e. The molecule has 9 rings (SSSR count). The first kappa shape index (κ1) is 26.3. The molecule has 0 unspecified atom stereocenters. The Labute approximate surface area is 267 Å². The maximum absolute atomic E-state index is 6.30. The van der Waals surface area contributed by atoms with Crippen molar-refractivity contribution in [3.05, 3.63) is 176 Å². The zero-order valence-electron chi connectivity index (χ0n) is 25.1. The van der Waals surface area contributed by atoms with E-state index in [0.717, 1.165) is 44.6 Å². The van der Waals surface area contributed by atoms with Gasteiger partial charge in [-0.25, -0.2) is 0 Å². The van der Waals surface area contributed by atoms with E-state index in [4.69, 9.17) is 4.42 Å². The van der Waals surface area contributed by atoms with E-state index in [2.05, 4.69) is 175 Å². The highest BCUT2D eigenvalue weighted by atomic mass is 16.3. The van der Waals surface area contributed by atoms with Crippen LogP contribution in [-0.4, -0.2) is 0 Å². The van der Waals surface area contributed by atoms with Crippen molar-refractivity contribution in [2.45, 2.75) is 0 Å². The van der Waals surface area contributed by atoms with E-state index in [0.29, 0.717) is 0 Å². The monoisotopic (exact) mass is 587 g/mol. The zero-order chi connectivity index (χ0) is 30.5. The Kier molecular flexibility index (Phi) is 6.17. The minimum absolute atomic E-state index is 0.910. The molecular weight excluding hydrogens is 558 g/mol. The van der Waals surface area contributed by atoms with Gasteiger partial charge in [-0.2, -0.15) is 0 Å². The summed E-state index contributed by atoms with van der Waals surface area (Å²) in [6.45, 7) is 0. The molecular formula is C44H29NO. The van der Waals surface area contributed by atoms with Gasteiger partial charge >= 0.3 is 0 Å². The van der Waals surface area contributed by atoms with Gasteiger partial charge in [-0.05, 0) is 75.5 Å². The van der Waals surface area contributed by atoms with Crippen LogP contribution in [-0.2, 0) is 0 Å². The second-order valence-corrected chi connectivity index (χ2v) is 11.7. The van der Waals surface area contributed by atoms with Crippen molar-refractivity contribution < 1.29 is 4.42 Å². The number of para-hydroxylation sites is 1. The van der Waals surface area contributed by atoms with Crippen molar-refractivity contribution in [2.24, 2.45) is 0 Å². The van der Waals surface area contributed by atoms with Crippen molar-refractivity contribution in [1.82, 2.24) is 0 Å². The molecule has 8 aromatic carbocycles. The summed E-state index contributed by atoms with van der Waals surface area (Å²) in [5.74, 6) is 0. The Morgan fingerprint density at radius 1 is 0.370 bits per heavy atom. The Bertz CT molecular complexity index is 2520. The van der Waals surface area contributed by atoms with Gasteiger partial charge in [0.1, 0.15) is 11.2 Å². The molecule has 0 saturated carbocycles. The fourth-order valence-corrected chi connectivity index (χ4v) is 6.91. The molecule has 1 heterocycles. The lowest BCUT2D eigenvalue weighted by Crippen LogP contribution is -2.10. The summed E-state index contributed by atoms with van der Waals surface area (Å²) in [6.07, 6.45) is 0. The summed E-state index contributed by atoms with van der Waals surface area (Å²) in [5, 5.41) is 7.14. The second kappa shape index (κ2) is 10.8. The van der Waals surface area contributed by atoms with Gasteiger partial charge in [0.15, 0.2) is 0 Å². The number of hydrogen-bond donors (Lipinski definition) is 0. The number of benzene rings is 8. The fourth-order valence-electron chi connectivity index (χ4n) is 6.91. The van der Waals surface area contributed by atoms with Crippen molar-refractivity contribution in [3.63, 3.8) is 0 Å². The maximum atomic E-state index is 6.30. The summed E-state index contributed by atoms with van der Waals surface area (Å²) in [4.78, 5) is 2.38. The molecule has 0 atom stereocenters. The van der Waals surface area contributed by atoms with Crippen molar-refractivity contribution in [2.75, 3.05) is 4.90 Å². The zero-order valence-corrected chi connectivity index (χ0v) is 25.1. The second-order valence-electron chi connectivity index (χ2n) is 11.7. The van der Waals surface area contributed by atoms with Crippen molar-refractivity contribution in [1.29, 1.82) is 0 Å². The quantitative estimate of drug-likeness (QED) is 0.199. The summed E-state index contributed by atoms with van der Waals surface area (Å²) >= 11 is 0. The van der Waals surface area contributed by atoms with Gasteiger partial charge < -0.3 is 9.32 Å². The van der Waals surface area contributed by atoms with Crippen LogP contribution in [0.5, 0.6) is 0 Å². The Morgan fingerprint density at radius 2 is 1.04 bits per heavy atom. The molecule has 0 radical (unpaired) electrons. The first-order valence-electron chi connectivity index (χ1n) is 15.7. The van der Waals surface area contributed by atoms with E-state index in [1.807, 2.05) is 6.07 Å². The van der Waals surface area contributed by atoms with Gasteiger partial charge in [0.2, 0.25) is 0 Å². The van der Waals surface area contributed by atoms with Gasteiger partial charge in [-0.1, -0.05) is 133 Å². The van der Waals surface area contributed by atoms with E-state index >= 15 is 0 Å². The molecule has 2 nitrogen and oxygen atoms in total. The van der Waals surface area contributed by atoms with E-state index < -0.39 is 0 Å². The third kappa shape index (κ3) is 4.35. The topological polar surface area (TPSA) is 16.4 Å². The van der Waals surface area contributed by atoms with Gasteiger partial charge in [0, 0.05) is 32.9 Å². The van der Waals surface area contributed by atoms with Gasteiger partial charge in [0.25, 0.3) is 0 Å². The van der Waals surface area contributed by atoms with Gasteiger partial charge in [0.05, 0.1) is 5.69 Å². The molecule has 9 aromatic rings. The SMILES string of the molecule is c1ccc(-c2ccc(N(c3cccc(-c4cccc5ccc6oc7ccccc7c6c45)c3)c3cccc4ccccc34)cc2)cc1. The van der Waals surface area contributed by atoms with E-state index in [9.17, 15) is 0 Å². The van der Waals surface area contributed by atoms with Crippen LogP contribution in [0.3, 0.4) is 0 Å². The van der Waals surface area contributed by atoms with Crippen LogP contribution in [0, 0.1) is 0 Å². The van der Waals surface area contributed by atoms with E-state index in [-0.39, 0.29) is 0 Å². The predicted octanol–water partition coefficient (Wildman–Crippen LogP) is 12.7. The number of rotatable bonds is 5. The molecule has 0 spiro atoms. The third-order valence-electron chi connectivity index (χ3n) is 9.04. The average Bonchev–Trinajstić information content (AvgIpc) is 3.52. The molecule has 0 amide bonds. The Morgan fingerprint density at radius 3 is 1.93 bits per heavy atom. The van der Waals surface area contributed by atoms with Crippen molar-refractivity contribution >= 4 is 60.5 Å². The van der Waals surface area contributed by atoms with E-state index in [1.165, 1.54) is 38.2 Å². The summed E-state index contributed by atoms with van der Waals surface area (Å²) in [5.41, 5.74) is 9.93. The van der Waals surface area contributed by atoms with Crippen LogP contribution in [0.2, 0.25) is 0 Å². The summed E-state index contributed by atoms with van der Waals surface area (Å²) in [6, 6.07) is 62.7. The van der Waals surface area contributed by atoms with E-state index in [1.54, 1.807) is 0 Å². The number of anilines is 3. The molecule has 216 valence electrons. The molecule has 0 aliphatic rings. The first-order valence-corrected chi connectivity index (χ1v) is 15.7. The highest BCUT2D eigenvalue weighted by molar-refractivity contribution is 6.22. The van der Waals surface area contributed by atoms with Crippen LogP contribution in [0.15, 0.2) is 180 Å². The highest BCUT2D eigenvalue weighted by Gasteiger charge is 2.18. The Balaban J connectivity index is 1.26. The minimum Gasteiger partial charge on any atom is -0.456 e. The third-order valence-corrected chi connectivity index (χ3v) is 9.04. The summed E-state index contributed by atoms with van der Waals surface area (Å²) < 4.78 is 6.30. The fraction of sp³-hybridized carbons (Fsp3) is 0. The molecule has 0 aliphatic heterocycles. The standard InChI is InChI=1S/C44H29NO/c1-2-11-30(12-3-1)31-23-26-35(27-24-31)45(40-21-10-14-32-13-4-5-18-37(32)40)36-17-8-16-34(29-36)38-20-9-15-33-25-28-42-44(43(33)38)39-19-6-7-22-41(39)46-42/h1-29H. The van der Waals surface area contributed by atoms with Gasteiger partial charge in [-0.15, -0.1) is 0 Å². The molecule has 0 N–H and O–H groups in total. The predicted molar refractivity (Wildman–Crippen MR) is 194 cm³/mol. The lowest BCUT2D eigenvalue weighted by Gasteiger charge is -2.27. The molecule has 0 fully saturated rings. The van der Waals surface area contributed by atoms with Crippen LogP contribution >= 0.6 is 0 Å². The first-order chi connectivity index (χ1) is 22.8. The smallest absolute Gasteiger partial charge is 0.136 e. The molecule has 46 heavy (non-hydrogen) atoms. The van der Waals surface area contributed by atoms with Crippen molar-refractivity contribution in [3.8, 4) is 22.3 Å². The Hall–Kier alpha value is -6.12.